The van der Waals surface area contributed by atoms with Gasteiger partial charge in [-0.1, -0.05) is 72.8 Å². The van der Waals surface area contributed by atoms with Gasteiger partial charge in [-0.25, -0.2) is 0 Å². The molecule has 38 heavy (non-hydrogen) atoms. The van der Waals surface area contributed by atoms with Gasteiger partial charge in [-0.05, 0) is 48.5 Å². The normalized spacial score (nSPS) is 9.53. The van der Waals surface area contributed by atoms with Crippen molar-refractivity contribution in [1.29, 1.82) is 0 Å². The Morgan fingerprint density at radius 3 is 0.895 bits per heavy atom. The third-order valence-electron chi connectivity index (χ3n) is 5.11. The second-order valence-electron chi connectivity index (χ2n) is 7.31. The van der Waals surface area contributed by atoms with Gasteiger partial charge in [0.1, 0.15) is 32.9 Å². The first-order valence-corrected chi connectivity index (χ1v) is 14.4. The van der Waals surface area contributed by atoms with Crippen molar-refractivity contribution in [1.82, 2.24) is 0 Å². The van der Waals surface area contributed by atoms with Crippen LogP contribution in [0.1, 0.15) is 0 Å². The monoisotopic (exact) mass is 613 g/mol. The van der Waals surface area contributed by atoms with Gasteiger partial charge in [0.05, 0.1) is 15.8 Å². The van der Waals surface area contributed by atoms with Crippen LogP contribution in [-0.2, 0) is 30.4 Å². The van der Waals surface area contributed by atoms with E-state index in [1.54, 1.807) is 6.07 Å². The van der Waals surface area contributed by atoms with Gasteiger partial charge >= 0.3 is 22.6 Å². The van der Waals surface area contributed by atoms with Crippen molar-refractivity contribution in [2.24, 2.45) is 0 Å². The van der Waals surface area contributed by atoms with Crippen molar-refractivity contribution in [3.05, 3.63) is 177 Å². The summed E-state index contributed by atoms with van der Waals surface area (Å²) in [5.41, 5.74) is 0. The summed E-state index contributed by atoms with van der Waals surface area (Å²) < 4.78 is 15.0. The molecule has 0 saturated heterocycles. The molecular weight excluding hydrogens is 586 g/mol. The number of hydrogen-bond acceptors (Lipinski definition) is 0. The molecule has 2 nitrogen and oxygen atoms in total. The SMILES string of the molecule is C(=C[PH+](c1ccccc1)c1ccccc1)[PH+](c1ccccc1)c1ccccc1.[C-]#[O+].[C-]#[O+].[Mo].[c-]1[c-][c-][cH-][c-]1. The first-order valence-electron chi connectivity index (χ1n) is 11.3. The van der Waals surface area contributed by atoms with Gasteiger partial charge < -0.3 is 30.3 Å². The van der Waals surface area contributed by atoms with Gasteiger partial charge in [0.2, 0.25) is 0 Å². The Balaban J connectivity index is 0.000000628. The van der Waals surface area contributed by atoms with Crippen molar-refractivity contribution >= 4 is 37.1 Å². The second kappa shape index (κ2) is 21.0. The van der Waals surface area contributed by atoms with Crippen LogP contribution in [0.3, 0.4) is 0 Å². The zero-order valence-electron chi connectivity index (χ0n) is 20.5. The minimum absolute atomic E-state index is 0. The van der Waals surface area contributed by atoms with E-state index in [2.05, 4.69) is 171 Å². The summed E-state index contributed by atoms with van der Waals surface area (Å²) in [6.07, 6.45) is 0. The van der Waals surface area contributed by atoms with E-state index in [0.717, 1.165) is 0 Å². The smallest absolute Gasteiger partial charge is 0 e. The Bertz CT molecular complexity index is 1100. The predicted octanol–water partition coefficient (Wildman–Crippen LogP) is 5.72. The first kappa shape index (κ1) is 33.0. The summed E-state index contributed by atoms with van der Waals surface area (Å²) in [4.78, 5) is 0. The fraction of sp³-hybridized carbons (Fsp3) is 0. The van der Waals surface area contributed by atoms with Crippen molar-refractivity contribution < 1.29 is 30.4 Å². The molecule has 188 valence electrons. The zero-order chi connectivity index (χ0) is 26.6. The van der Waals surface area contributed by atoms with Crippen molar-refractivity contribution in [3.63, 3.8) is 0 Å². The zero-order valence-corrected chi connectivity index (χ0v) is 24.5. The van der Waals surface area contributed by atoms with Crippen LogP contribution in [0.15, 0.2) is 139 Å². The molecule has 5 aromatic rings. The van der Waals surface area contributed by atoms with Gasteiger partial charge in [0.25, 0.3) is 0 Å². The van der Waals surface area contributed by atoms with E-state index < -0.39 is 15.8 Å². The summed E-state index contributed by atoms with van der Waals surface area (Å²) in [6.45, 7) is 9.00. The standard InChI is InChI=1S/C26H22P2.C5H.2CO.Mo/c1-5-13-23(14-6-1)27(24-15-7-2-8-16-24)21-22-28(25-17-9-3-10-18-25)26-19-11-4-12-20-26;1-2-4-5-3-1;2*1-2;/h1-22H;1H;;;/q;-5;;;/p+2. The predicted molar refractivity (Wildman–Crippen MR) is 155 cm³/mol. The van der Waals surface area contributed by atoms with E-state index >= 15 is 0 Å². The van der Waals surface area contributed by atoms with Crippen molar-refractivity contribution in [2.45, 2.75) is 0 Å². The molecule has 0 aromatic heterocycles. The van der Waals surface area contributed by atoms with E-state index in [4.69, 9.17) is 9.30 Å². The Hall–Kier alpha value is -3.00. The third kappa shape index (κ3) is 11.2. The number of benzene rings is 4. The molecule has 0 radical (unpaired) electrons. The Kier molecular flexibility index (Phi) is 18.2. The van der Waals surface area contributed by atoms with Crippen LogP contribution >= 0.6 is 15.8 Å². The fourth-order valence-electron chi connectivity index (χ4n) is 3.54. The Morgan fingerprint density at radius 2 is 0.711 bits per heavy atom. The summed E-state index contributed by atoms with van der Waals surface area (Å²) in [5, 5.41) is 5.71. The minimum atomic E-state index is -0.964. The summed E-state index contributed by atoms with van der Waals surface area (Å²) in [7, 11) is -1.93. The number of hydrogen-bond donors (Lipinski definition) is 0. The van der Waals surface area contributed by atoms with Crippen LogP contribution < -0.4 is 21.2 Å². The molecule has 0 saturated carbocycles. The first-order chi connectivity index (χ1) is 18.4. The molecule has 5 aromatic carbocycles. The third-order valence-corrected chi connectivity index (χ3v) is 10.3. The summed E-state index contributed by atoms with van der Waals surface area (Å²) in [5.74, 6) is 5.01. The van der Waals surface area contributed by atoms with Crippen LogP contribution in [-0.4, -0.2) is 0 Å². The average Bonchev–Trinajstić information content (AvgIpc) is 3.60. The van der Waals surface area contributed by atoms with Crippen LogP contribution in [0.5, 0.6) is 0 Å². The molecule has 0 amide bonds. The van der Waals surface area contributed by atoms with Crippen LogP contribution in [0.2, 0.25) is 0 Å². The molecular formula is C33H25MoO2P2-3. The maximum absolute atomic E-state index is 7.50. The number of rotatable bonds is 6. The molecule has 0 N–H and O–H groups in total. The van der Waals surface area contributed by atoms with Crippen LogP contribution in [0.25, 0.3) is 0 Å². The van der Waals surface area contributed by atoms with E-state index in [-0.39, 0.29) is 21.1 Å². The van der Waals surface area contributed by atoms with Gasteiger partial charge in [0, 0.05) is 21.1 Å². The molecule has 0 atom stereocenters. The molecule has 0 fully saturated rings. The molecule has 0 unspecified atom stereocenters. The molecule has 0 heterocycles. The molecule has 5 heteroatoms. The minimum Gasteiger partial charge on any atom is -0.999 e. The molecule has 0 aliphatic carbocycles. The molecule has 0 aliphatic heterocycles. The largest absolute Gasteiger partial charge is 0.999 e. The Labute approximate surface area is 243 Å². The van der Waals surface area contributed by atoms with Crippen LogP contribution in [0.4, 0.5) is 0 Å². The summed E-state index contributed by atoms with van der Waals surface area (Å²) in [6, 6.07) is 55.7. The van der Waals surface area contributed by atoms with Gasteiger partial charge in [-0.2, -0.15) is 0 Å². The molecule has 0 aliphatic rings. The summed E-state index contributed by atoms with van der Waals surface area (Å²) >= 11 is 0. The van der Waals surface area contributed by atoms with Gasteiger partial charge in [0.15, 0.2) is 0 Å². The van der Waals surface area contributed by atoms with Gasteiger partial charge in [-0.3, -0.25) is 0 Å². The van der Waals surface area contributed by atoms with Crippen molar-refractivity contribution in [3.8, 4) is 0 Å². The molecule has 0 bridgehead atoms. The second-order valence-corrected chi connectivity index (χ2v) is 11.9. The maximum Gasteiger partial charge on any atom is 0 e. The maximum atomic E-state index is 7.50. The Morgan fingerprint density at radius 1 is 0.474 bits per heavy atom. The topological polar surface area (TPSA) is 39.8 Å². The van der Waals surface area contributed by atoms with E-state index in [0.29, 0.717) is 0 Å². The quantitative estimate of drug-likeness (QED) is 0.102. The molecule has 5 rings (SSSR count). The van der Waals surface area contributed by atoms with E-state index in [1.165, 1.54) is 21.2 Å². The van der Waals surface area contributed by atoms with E-state index in [9.17, 15) is 0 Å². The van der Waals surface area contributed by atoms with E-state index in [1.807, 2.05) is 0 Å². The van der Waals surface area contributed by atoms with Crippen LogP contribution in [0, 0.1) is 37.6 Å². The fourth-order valence-corrected chi connectivity index (χ4v) is 8.51. The average molecular weight is 611 g/mol. The molecule has 0 spiro atoms. The van der Waals surface area contributed by atoms with Gasteiger partial charge in [-0.15, -0.1) is 0 Å². The van der Waals surface area contributed by atoms with Crippen molar-refractivity contribution in [2.75, 3.05) is 0 Å².